The molecule has 0 aliphatic heterocycles. The lowest BCUT2D eigenvalue weighted by atomic mass is 10.4. The van der Waals surface area contributed by atoms with E-state index in [0.29, 0.717) is 18.2 Å². The summed E-state index contributed by atoms with van der Waals surface area (Å²) in [5.41, 5.74) is 5.38. The molecule has 0 spiro atoms. The van der Waals surface area contributed by atoms with Crippen LogP contribution >= 0.6 is 11.3 Å². The fraction of sp³-hybridized carbons (Fsp3) is 0.333. The summed E-state index contributed by atoms with van der Waals surface area (Å²) in [5, 5.41) is 6.01. The number of nitrogens with two attached hydrogens (primary N) is 1. The van der Waals surface area contributed by atoms with E-state index in [2.05, 4.69) is 14.8 Å². The van der Waals surface area contributed by atoms with Gasteiger partial charge in [0.25, 0.3) is 10.0 Å². The van der Waals surface area contributed by atoms with Gasteiger partial charge in [-0.15, -0.1) is 11.3 Å². The van der Waals surface area contributed by atoms with Gasteiger partial charge in [0, 0.05) is 24.3 Å². The topological polar surface area (TPSA) is 103 Å². The third-order valence-electron chi connectivity index (χ3n) is 2.17. The van der Waals surface area contributed by atoms with Gasteiger partial charge in [-0.2, -0.15) is 5.10 Å². The normalized spacial score (nSPS) is 11.6. The number of anilines is 1. The summed E-state index contributed by atoms with van der Waals surface area (Å²) in [6.07, 6.45) is 5.08. The lowest BCUT2D eigenvalue weighted by Gasteiger charge is -2.01. The number of thiazole rings is 1. The van der Waals surface area contributed by atoms with E-state index in [1.165, 1.54) is 29.9 Å². The standard InChI is InChI=1S/C9H13N5O2S2/c10-2-1-4-14-7-8(6-12-14)18(15,16)13-9-11-3-5-17-9/h3,5-7H,1-2,4,10H2,(H,11,13). The number of hydrogen-bond donors (Lipinski definition) is 2. The van der Waals surface area contributed by atoms with Gasteiger partial charge in [0.05, 0.1) is 6.20 Å². The molecule has 0 aliphatic rings. The lowest BCUT2D eigenvalue weighted by Crippen LogP contribution is -2.12. The van der Waals surface area contributed by atoms with Gasteiger partial charge in [-0.3, -0.25) is 9.40 Å². The van der Waals surface area contributed by atoms with E-state index in [4.69, 9.17) is 5.73 Å². The summed E-state index contributed by atoms with van der Waals surface area (Å²) in [6.45, 7) is 1.14. The van der Waals surface area contributed by atoms with Crippen molar-refractivity contribution in [1.29, 1.82) is 0 Å². The highest BCUT2D eigenvalue weighted by Crippen LogP contribution is 2.17. The highest BCUT2D eigenvalue weighted by Gasteiger charge is 2.17. The molecule has 2 rings (SSSR count). The van der Waals surface area contributed by atoms with Gasteiger partial charge in [-0.25, -0.2) is 13.4 Å². The molecule has 0 saturated heterocycles. The smallest absolute Gasteiger partial charge is 0.266 e. The zero-order chi connectivity index (χ0) is 13.0. The van der Waals surface area contributed by atoms with E-state index in [1.807, 2.05) is 0 Å². The minimum Gasteiger partial charge on any atom is -0.330 e. The van der Waals surface area contributed by atoms with Crippen LogP contribution in [0.2, 0.25) is 0 Å². The Morgan fingerprint density at radius 1 is 1.50 bits per heavy atom. The molecule has 3 N–H and O–H groups in total. The molecule has 18 heavy (non-hydrogen) atoms. The summed E-state index contributed by atoms with van der Waals surface area (Å²) in [4.78, 5) is 3.99. The van der Waals surface area contributed by atoms with E-state index in [9.17, 15) is 8.42 Å². The zero-order valence-corrected chi connectivity index (χ0v) is 11.1. The predicted octanol–water partition coefficient (Wildman–Crippen LogP) is 0.489. The molecule has 0 atom stereocenters. The Balaban J connectivity index is 2.12. The van der Waals surface area contributed by atoms with E-state index < -0.39 is 10.0 Å². The number of hydrogen-bond acceptors (Lipinski definition) is 6. The average Bonchev–Trinajstić information content (AvgIpc) is 2.96. The second-order valence-corrected chi connectivity index (χ2v) is 6.10. The number of nitrogens with zero attached hydrogens (tertiary/aromatic N) is 3. The maximum absolute atomic E-state index is 12.0. The van der Waals surface area contributed by atoms with Crippen LogP contribution in [0.4, 0.5) is 5.13 Å². The highest BCUT2D eigenvalue weighted by molar-refractivity contribution is 7.93. The minimum absolute atomic E-state index is 0.120. The third-order valence-corrected chi connectivity index (χ3v) is 4.28. The summed E-state index contributed by atoms with van der Waals surface area (Å²) in [7, 11) is -3.60. The second kappa shape index (κ2) is 5.46. The van der Waals surface area contributed by atoms with Crippen molar-refractivity contribution < 1.29 is 8.42 Å². The van der Waals surface area contributed by atoms with Crippen molar-refractivity contribution in [3.63, 3.8) is 0 Å². The molecular formula is C9H13N5O2S2. The van der Waals surface area contributed by atoms with Gasteiger partial charge in [-0.1, -0.05) is 0 Å². The van der Waals surface area contributed by atoms with Crippen LogP contribution in [0.1, 0.15) is 6.42 Å². The molecular weight excluding hydrogens is 274 g/mol. The maximum atomic E-state index is 12.0. The number of aromatic nitrogens is 3. The number of sulfonamides is 1. The highest BCUT2D eigenvalue weighted by atomic mass is 32.2. The van der Waals surface area contributed by atoms with Gasteiger partial charge in [0.2, 0.25) is 0 Å². The number of aryl methyl sites for hydroxylation is 1. The van der Waals surface area contributed by atoms with E-state index in [-0.39, 0.29) is 4.90 Å². The first kappa shape index (κ1) is 13.0. The maximum Gasteiger partial charge on any atom is 0.266 e. The van der Waals surface area contributed by atoms with Crippen LogP contribution < -0.4 is 10.5 Å². The van der Waals surface area contributed by atoms with Gasteiger partial charge in [-0.05, 0) is 13.0 Å². The largest absolute Gasteiger partial charge is 0.330 e. The summed E-state index contributed by atoms with van der Waals surface area (Å²) >= 11 is 1.22. The molecule has 7 nitrogen and oxygen atoms in total. The third kappa shape index (κ3) is 3.06. The summed E-state index contributed by atoms with van der Waals surface area (Å²) in [5.74, 6) is 0. The van der Waals surface area contributed by atoms with Crippen molar-refractivity contribution in [2.75, 3.05) is 11.3 Å². The summed E-state index contributed by atoms with van der Waals surface area (Å²) < 4.78 is 27.9. The second-order valence-electron chi connectivity index (χ2n) is 3.52. The Morgan fingerprint density at radius 2 is 2.33 bits per heavy atom. The SMILES string of the molecule is NCCCn1cc(S(=O)(=O)Nc2nccs2)cn1. The fourth-order valence-electron chi connectivity index (χ4n) is 1.31. The first-order valence-corrected chi connectivity index (χ1v) is 7.63. The Labute approximate surface area is 109 Å². The predicted molar refractivity (Wildman–Crippen MR) is 68.8 cm³/mol. The first-order chi connectivity index (χ1) is 8.62. The quantitative estimate of drug-likeness (QED) is 0.805. The molecule has 0 fully saturated rings. The van der Waals surface area contributed by atoms with Crippen LogP contribution in [-0.4, -0.2) is 29.7 Å². The van der Waals surface area contributed by atoms with Crippen molar-refractivity contribution in [2.24, 2.45) is 5.73 Å². The molecule has 0 bridgehead atoms. The van der Waals surface area contributed by atoms with Gasteiger partial charge < -0.3 is 5.73 Å². The molecule has 0 saturated carbocycles. The molecule has 98 valence electrons. The van der Waals surface area contributed by atoms with Crippen molar-refractivity contribution in [3.8, 4) is 0 Å². The van der Waals surface area contributed by atoms with Gasteiger partial charge >= 0.3 is 0 Å². The molecule has 2 aromatic rings. The van der Waals surface area contributed by atoms with E-state index in [0.717, 1.165) is 6.42 Å². The van der Waals surface area contributed by atoms with Crippen molar-refractivity contribution in [1.82, 2.24) is 14.8 Å². The summed E-state index contributed by atoms with van der Waals surface area (Å²) in [6, 6.07) is 0. The minimum atomic E-state index is -3.60. The van der Waals surface area contributed by atoms with Gasteiger partial charge in [0.15, 0.2) is 5.13 Å². The molecule has 0 radical (unpaired) electrons. The van der Waals surface area contributed by atoms with Crippen LogP contribution in [0.5, 0.6) is 0 Å². The fourth-order valence-corrected chi connectivity index (χ4v) is 3.05. The molecule has 2 aromatic heterocycles. The van der Waals surface area contributed by atoms with Crippen molar-refractivity contribution in [3.05, 3.63) is 24.0 Å². The van der Waals surface area contributed by atoms with Crippen molar-refractivity contribution in [2.45, 2.75) is 17.9 Å². The lowest BCUT2D eigenvalue weighted by molar-refractivity contribution is 0.582. The van der Waals surface area contributed by atoms with Crippen molar-refractivity contribution >= 4 is 26.5 Å². The molecule has 0 unspecified atom stereocenters. The first-order valence-electron chi connectivity index (χ1n) is 5.26. The molecule has 0 amide bonds. The van der Waals surface area contributed by atoms with Crippen LogP contribution in [-0.2, 0) is 16.6 Å². The Hall–Kier alpha value is -1.45. The Morgan fingerprint density at radius 3 is 3.00 bits per heavy atom. The van der Waals surface area contributed by atoms with Crippen LogP contribution in [0.15, 0.2) is 28.9 Å². The Bertz CT molecular complexity index is 590. The average molecular weight is 287 g/mol. The van der Waals surface area contributed by atoms with Crippen LogP contribution in [0, 0.1) is 0 Å². The molecule has 0 aromatic carbocycles. The number of nitrogens with one attached hydrogen (secondary N) is 1. The van der Waals surface area contributed by atoms with Crippen LogP contribution in [0.3, 0.4) is 0 Å². The monoisotopic (exact) mass is 287 g/mol. The molecule has 9 heteroatoms. The van der Waals surface area contributed by atoms with E-state index >= 15 is 0 Å². The Kier molecular flexibility index (Phi) is 3.94. The molecule has 2 heterocycles. The molecule has 0 aliphatic carbocycles. The van der Waals surface area contributed by atoms with Crippen LogP contribution in [0.25, 0.3) is 0 Å². The number of rotatable bonds is 6. The van der Waals surface area contributed by atoms with Gasteiger partial charge in [0.1, 0.15) is 4.90 Å². The zero-order valence-electron chi connectivity index (χ0n) is 9.48. The van der Waals surface area contributed by atoms with E-state index in [1.54, 1.807) is 10.1 Å².